The van der Waals surface area contributed by atoms with Crippen LogP contribution in [0.15, 0.2) is 11.6 Å². The number of allylic oxidation sites excluding steroid dienone is 1. The molecule has 3 atom stereocenters. The van der Waals surface area contributed by atoms with Gasteiger partial charge in [-0.1, -0.05) is 25.0 Å². The van der Waals surface area contributed by atoms with Crippen LogP contribution in [-0.4, -0.2) is 23.5 Å². The first kappa shape index (κ1) is 16.1. The molecule has 0 aromatic carbocycles. The third kappa shape index (κ3) is 4.32. The Morgan fingerprint density at radius 2 is 2.05 bits per heavy atom. The average Bonchev–Trinajstić information content (AvgIpc) is 2.93. The Morgan fingerprint density at radius 3 is 2.67 bits per heavy atom. The highest BCUT2D eigenvalue weighted by Gasteiger charge is 2.41. The van der Waals surface area contributed by atoms with Crippen LogP contribution in [0, 0.1) is 17.8 Å². The largest absolute Gasteiger partial charge is 0.481 e. The third-order valence-electron chi connectivity index (χ3n) is 5.02. The Balaban J connectivity index is 1.81. The monoisotopic (exact) mass is 293 g/mol. The predicted octanol–water partition coefficient (Wildman–Crippen LogP) is 3.13. The minimum Gasteiger partial charge on any atom is -0.481 e. The van der Waals surface area contributed by atoms with Gasteiger partial charge in [0.25, 0.3) is 0 Å². The number of carboxylic acid groups (broad SMARTS) is 1. The number of carbonyl (C=O) groups excluding carboxylic acids is 1. The van der Waals surface area contributed by atoms with Gasteiger partial charge in [-0.2, -0.15) is 0 Å². The fraction of sp³-hybridized carbons (Fsp3) is 0.765. The highest BCUT2D eigenvalue weighted by molar-refractivity contribution is 5.85. The standard InChI is InChI=1S/C17H27NO3/c1-2-12-10-14(15(11-12)17(20)21)16(19)18-9-8-13-6-4-3-5-7-13/h6,12,14-15H,2-5,7-11H2,1H3,(H,18,19)(H,20,21). The molecule has 0 aromatic heterocycles. The number of hydrogen-bond donors (Lipinski definition) is 2. The molecular formula is C17H27NO3. The normalized spacial score (nSPS) is 29.0. The van der Waals surface area contributed by atoms with Crippen molar-refractivity contribution in [3.05, 3.63) is 11.6 Å². The van der Waals surface area contributed by atoms with Crippen LogP contribution in [-0.2, 0) is 9.59 Å². The van der Waals surface area contributed by atoms with Crippen molar-refractivity contribution in [3.8, 4) is 0 Å². The summed E-state index contributed by atoms with van der Waals surface area (Å²) in [6, 6.07) is 0. The van der Waals surface area contributed by atoms with E-state index in [0.29, 0.717) is 18.9 Å². The molecule has 2 rings (SSSR count). The molecule has 0 radical (unpaired) electrons. The Hall–Kier alpha value is -1.32. The van der Waals surface area contributed by atoms with Crippen LogP contribution in [0.1, 0.15) is 58.3 Å². The fourth-order valence-electron chi connectivity index (χ4n) is 3.65. The van der Waals surface area contributed by atoms with E-state index in [9.17, 15) is 14.7 Å². The Bertz CT molecular complexity index is 416. The average molecular weight is 293 g/mol. The summed E-state index contributed by atoms with van der Waals surface area (Å²) in [5.41, 5.74) is 1.44. The van der Waals surface area contributed by atoms with E-state index >= 15 is 0 Å². The first-order chi connectivity index (χ1) is 10.1. The van der Waals surface area contributed by atoms with Crippen LogP contribution in [0.4, 0.5) is 0 Å². The van der Waals surface area contributed by atoms with Crippen molar-refractivity contribution < 1.29 is 14.7 Å². The Labute approximate surface area is 127 Å². The van der Waals surface area contributed by atoms with Gasteiger partial charge in [-0.25, -0.2) is 0 Å². The molecule has 0 saturated heterocycles. The highest BCUT2D eigenvalue weighted by Crippen LogP contribution is 2.38. The first-order valence-electron chi connectivity index (χ1n) is 8.30. The van der Waals surface area contributed by atoms with E-state index in [2.05, 4.69) is 18.3 Å². The molecule has 118 valence electrons. The summed E-state index contributed by atoms with van der Waals surface area (Å²) in [7, 11) is 0. The van der Waals surface area contributed by atoms with E-state index in [1.54, 1.807) is 0 Å². The summed E-state index contributed by atoms with van der Waals surface area (Å²) in [6.07, 6.45) is 10.4. The van der Waals surface area contributed by atoms with Crippen molar-refractivity contribution >= 4 is 11.9 Å². The zero-order valence-corrected chi connectivity index (χ0v) is 12.9. The Morgan fingerprint density at radius 1 is 1.29 bits per heavy atom. The summed E-state index contributed by atoms with van der Waals surface area (Å²) in [5, 5.41) is 12.2. The zero-order valence-electron chi connectivity index (χ0n) is 12.9. The van der Waals surface area contributed by atoms with Crippen molar-refractivity contribution in [1.82, 2.24) is 5.32 Å². The van der Waals surface area contributed by atoms with Crippen LogP contribution in [0.5, 0.6) is 0 Å². The molecule has 3 unspecified atom stereocenters. The van der Waals surface area contributed by atoms with E-state index in [4.69, 9.17) is 0 Å². The van der Waals surface area contributed by atoms with E-state index in [-0.39, 0.29) is 11.8 Å². The molecule has 1 saturated carbocycles. The smallest absolute Gasteiger partial charge is 0.307 e. The summed E-state index contributed by atoms with van der Waals surface area (Å²) in [6.45, 7) is 2.71. The summed E-state index contributed by atoms with van der Waals surface area (Å²) >= 11 is 0. The SMILES string of the molecule is CCC1CC(C(=O)O)C(C(=O)NCCC2=CCCCC2)C1. The Kier molecular flexibility index (Phi) is 5.83. The number of carboxylic acids is 1. The van der Waals surface area contributed by atoms with Crippen molar-refractivity contribution in [2.75, 3.05) is 6.54 Å². The predicted molar refractivity (Wildman–Crippen MR) is 81.8 cm³/mol. The highest BCUT2D eigenvalue weighted by atomic mass is 16.4. The summed E-state index contributed by atoms with van der Waals surface area (Å²) in [4.78, 5) is 23.6. The van der Waals surface area contributed by atoms with Gasteiger partial charge >= 0.3 is 5.97 Å². The molecule has 0 aliphatic heterocycles. The van der Waals surface area contributed by atoms with Crippen LogP contribution < -0.4 is 5.32 Å². The number of hydrogen-bond acceptors (Lipinski definition) is 2. The maximum absolute atomic E-state index is 12.3. The summed E-state index contributed by atoms with van der Waals surface area (Å²) < 4.78 is 0. The van der Waals surface area contributed by atoms with Gasteiger partial charge in [0.15, 0.2) is 0 Å². The lowest BCUT2D eigenvalue weighted by molar-refractivity contribution is -0.146. The van der Waals surface area contributed by atoms with Gasteiger partial charge in [0.05, 0.1) is 11.8 Å². The maximum atomic E-state index is 12.3. The van der Waals surface area contributed by atoms with Gasteiger partial charge in [-0.3, -0.25) is 9.59 Å². The lowest BCUT2D eigenvalue weighted by atomic mass is 9.95. The fourth-order valence-corrected chi connectivity index (χ4v) is 3.65. The van der Waals surface area contributed by atoms with Crippen molar-refractivity contribution in [3.63, 3.8) is 0 Å². The maximum Gasteiger partial charge on any atom is 0.307 e. The second-order valence-corrected chi connectivity index (χ2v) is 6.45. The second kappa shape index (κ2) is 7.62. The zero-order chi connectivity index (χ0) is 15.2. The van der Waals surface area contributed by atoms with Crippen molar-refractivity contribution in [1.29, 1.82) is 0 Å². The van der Waals surface area contributed by atoms with Crippen molar-refractivity contribution in [2.45, 2.75) is 58.3 Å². The number of amides is 1. The molecular weight excluding hydrogens is 266 g/mol. The summed E-state index contributed by atoms with van der Waals surface area (Å²) in [5.74, 6) is -1.34. The molecule has 4 heteroatoms. The van der Waals surface area contributed by atoms with E-state index in [0.717, 1.165) is 32.1 Å². The number of rotatable bonds is 6. The number of aliphatic carboxylic acids is 1. The molecule has 1 amide bonds. The van der Waals surface area contributed by atoms with E-state index < -0.39 is 11.9 Å². The molecule has 0 bridgehead atoms. The topological polar surface area (TPSA) is 66.4 Å². The van der Waals surface area contributed by atoms with Crippen LogP contribution in [0.3, 0.4) is 0 Å². The molecule has 0 aromatic rings. The van der Waals surface area contributed by atoms with Crippen LogP contribution in [0.25, 0.3) is 0 Å². The van der Waals surface area contributed by atoms with Crippen molar-refractivity contribution in [2.24, 2.45) is 17.8 Å². The van der Waals surface area contributed by atoms with Crippen LogP contribution in [0.2, 0.25) is 0 Å². The van der Waals surface area contributed by atoms with Gasteiger partial charge < -0.3 is 10.4 Å². The molecule has 1 fully saturated rings. The number of nitrogens with one attached hydrogen (secondary N) is 1. The molecule has 0 heterocycles. The van der Waals surface area contributed by atoms with Crippen LogP contribution >= 0.6 is 0 Å². The molecule has 2 N–H and O–H groups in total. The lowest BCUT2D eigenvalue weighted by Gasteiger charge is -2.17. The molecule has 21 heavy (non-hydrogen) atoms. The quantitative estimate of drug-likeness (QED) is 0.739. The first-order valence-corrected chi connectivity index (χ1v) is 8.30. The molecule has 0 spiro atoms. The third-order valence-corrected chi connectivity index (χ3v) is 5.02. The second-order valence-electron chi connectivity index (χ2n) is 6.45. The van der Waals surface area contributed by atoms with Gasteiger partial charge in [-0.15, -0.1) is 0 Å². The van der Waals surface area contributed by atoms with E-state index in [1.807, 2.05) is 0 Å². The van der Waals surface area contributed by atoms with Gasteiger partial charge in [-0.05, 0) is 50.9 Å². The lowest BCUT2D eigenvalue weighted by Crippen LogP contribution is -2.35. The molecule has 4 nitrogen and oxygen atoms in total. The number of carbonyl (C=O) groups is 2. The molecule has 2 aliphatic carbocycles. The van der Waals surface area contributed by atoms with E-state index in [1.165, 1.54) is 18.4 Å². The minimum atomic E-state index is -0.818. The minimum absolute atomic E-state index is 0.0604. The van der Waals surface area contributed by atoms with Gasteiger partial charge in [0, 0.05) is 6.54 Å². The van der Waals surface area contributed by atoms with Gasteiger partial charge in [0.1, 0.15) is 0 Å². The van der Waals surface area contributed by atoms with Gasteiger partial charge in [0.2, 0.25) is 5.91 Å². The molecule has 2 aliphatic rings.